The lowest BCUT2D eigenvalue weighted by Gasteiger charge is -2.31. The first-order valence-electron chi connectivity index (χ1n) is 10.6. The summed E-state index contributed by atoms with van der Waals surface area (Å²) in [4.78, 5) is 38.5. The molecule has 7 nitrogen and oxygen atoms in total. The highest BCUT2D eigenvalue weighted by Gasteiger charge is 2.31. The van der Waals surface area contributed by atoms with E-state index in [1.807, 2.05) is 66.7 Å². The van der Waals surface area contributed by atoms with Gasteiger partial charge in [0, 0.05) is 18.7 Å². The molecule has 0 heterocycles. The molecule has 0 bridgehead atoms. The number of carbonyl (C=O) groups excluding carboxylic acids is 3. The third-order valence-electron chi connectivity index (χ3n) is 4.70. The van der Waals surface area contributed by atoms with Crippen molar-refractivity contribution in [2.75, 3.05) is 25.2 Å². The Morgan fingerprint density at radius 2 is 1.66 bits per heavy atom. The van der Waals surface area contributed by atoms with Crippen LogP contribution in [0.2, 0.25) is 0 Å². The lowest BCUT2D eigenvalue weighted by atomic mass is 10.0. The summed E-state index contributed by atoms with van der Waals surface area (Å²) in [5.74, 6) is -0.367. The number of allylic oxidation sites excluding steroid dienone is 1. The van der Waals surface area contributed by atoms with Crippen LogP contribution in [0.25, 0.3) is 0 Å². The quantitative estimate of drug-likeness (QED) is 0.319. The minimum atomic E-state index is -0.768. The zero-order chi connectivity index (χ0) is 23.2. The van der Waals surface area contributed by atoms with Crippen molar-refractivity contribution in [2.24, 2.45) is 0 Å². The third kappa shape index (κ3) is 7.58. The first kappa shape index (κ1) is 24.7. The van der Waals surface area contributed by atoms with Crippen LogP contribution in [-0.2, 0) is 19.1 Å². The van der Waals surface area contributed by atoms with Crippen LogP contribution in [0.5, 0.6) is 0 Å². The fourth-order valence-electron chi connectivity index (χ4n) is 3.14. The Morgan fingerprint density at radius 1 is 1.00 bits per heavy atom. The Bertz CT molecular complexity index is 884. The molecule has 1 N–H and O–H groups in total. The molecule has 0 fully saturated rings. The number of nitrogens with one attached hydrogen (secondary N) is 1. The Hall–Kier alpha value is -3.61. The van der Waals surface area contributed by atoms with Crippen LogP contribution in [0.15, 0.2) is 72.8 Å². The average Bonchev–Trinajstić information content (AvgIpc) is 2.84. The molecule has 32 heavy (non-hydrogen) atoms. The summed E-state index contributed by atoms with van der Waals surface area (Å²) in [6, 6.07) is 17.8. The van der Waals surface area contributed by atoms with E-state index < -0.39 is 12.2 Å². The van der Waals surface area contributed by atoms with Crippen molar-refractivity contribution in [1.29, 1.82) is 0 Å². The summed E-state index contributed by atoms with van der Waals surface area (Å²) in [5.41, 5.74) is 1.42. The van der Waals surface area contributed by atoms with Gasteiger partial charge < -0.3 is 14.8 Å². The fraction of sp³-hybridized carbons (Fsp3) is 0.320. The number of hydrogen-bond acceptors (Lipinski definition) is 5. The molecule has 0 aromatic heterocycles. The van der Waals surface area contributed by atoms with Gasteiger partial charge in [-0.1, -0.05) is 67.6 Å². The van der Waals surface area contributed by atoms with Gasteiger partial charge in [0.2, 0.25) is 11.8 Å². The number of hydrogen-bond donors (Lipinski definition) is 1. The molecule has 0 radical (unpaired) electrons. The van der Waals surface area contributed by atoms with Gasteiger partial charge in [0.1, 0.15) is 12.6 Å². The number of carbonyl (C=O) groups is 3. The maximum Gasteiger partial charge on any atom is 0.508 e. The van der Waals surface area contributed by atoms with Crippen LogP contribution < -0.4 is 10.2 Å². The molecular weight excluding hydrogens is 408 g/mol. The van der Waals surface area contributed by atoms with E-state index in [-0.39, 0.29) is 24.8 Å². The molecule has 0 aliphatic heterocycles. The number of anilines is 1. The van der Waals surface area contributed by atoms with Crippen LogP contribution in [-0.4, -0.2) is 38.2 Å². The SMILES string of the molecule is CCC(=O)N(c1ccccc1)C(C(=O)NCCC/C=C/COC(=O)OC)c1ccccc1. The maximum atomic E-state index is 13.2. The molecule has 0 spiro atoms. The number of amides is 2. The van der Waals surface area contributed by atoms with Gasteiger partial charge in [-0.05, 0) is 30.5 Å². The summed E-state index contributed by atoms with van der Waals surface area (Å²) >= 11 is 0. The van der Waals surface area contributed by atoms with Gasteiger partial charge in [0.25, 0.3) is 0 Å². The van der Waals surface area contributed by atoms with E-state index in [9.17, 15) is 14.4 Å². The standard InChI is InChI=1S/C25H30N2O5/c1-3-22(28)27(21-16-10-7-11-17-21)23(20-14-8-6-9-15-20)24(29)26-18-12-4-5-13-19-32-25(30)31-2/h5-11,13-17,23H,3-4,12,18-19H2,1-2H3,(H,26,29)/b13-5+. The minimum Gasteiger partial charge on any atom is -0.438 e. The van der Waals surface area contributed by atoms with E-state index >= 15 is 0 Å². The molecule has 2 aromatic carbocycles. The number of rotatable bonds is 11. The summed E-state index contributed by atoms with van der Waals surface area (Å²) in [5, 5.41) is 2.96. The van der Waals surface area contributed by atoms with Crippen LogP contribution in [0.1, 0.15) is 37.8 Å². The smallest absolute Gasteiger partial charge is 0.438 e. The maximum absolute atomic E-state index is 13.2. The van der Waals surface area contributed by atoms with Gasteiger partial charge in [-0.3, -0.25) is 14.5 Å². The second-order valence-corrected chi connectivity index (χ2v) is 6.94. The normalized spacial score (nSPS) is 11.6. The van der Waals surface area contributed by atoms with E-state index in [4.69, 9.17) is 4.74 Å². The van der Waals surface area contributed by atoms with Crippen LogP contribution in [0, 0.1) is 0 Å². The van der Waals surface area contributed by atoms with E-state index in [0.29, 0.717) is 25.1 Å². The number of unbranched alkanes of at least 4 members (excludes halogenated alkanes) is 1. The summed E-state index contributed by atoms with van der Waals surface area (Å²) < 4.78 is 9.15. The molecule has 0 aliphatic rings. The summed E-state index contributed by atoms with van der Waals surface area (Å²) in [7, 11) is 1.25. The first-order valence-corrected chi connectivity index (χ1v) is 10.6. The Balaban J connectivity index is 2.05. The van der Waals surface area contributed by atoms with Gasteiger partial charge in [-0.25, -0.2) is 4.79 Å². The van der Waals surface area contributed by atoms with E-state index in [1.165, 1.54) is 7.11 Å². The van der Waals surface area contributed by atoms with Gasteiger partial charge in [0.05, 0.1) is 7.11 Å². The summed E-state index contributed by atoms with van der Waals surface area (Å²) in [6.45, 7) is 2.38. The molecule has 2 amide bonds. The molecular formula is C25H30N2O5. The first-order chi connectivity index (χ1) is 15.6. The molecule has 0 aliphatic carbocycles. The topological polar surface area (TPSA) is 84.9 Å². The van der Waals surface area contributed by atoms with Crippen molar-refractivity contribution in [1.82, 2.24) is 5.32 Å². The predicted molar refractivity (Wildman–Crippen MR) is 123 cm³/mol. The number of para-hydroxylation sites is 1. The second kappa shape index (κ2) is 13.6. The van der Waals surface area contributed by atoms with Crippen LogP contribution in [0.4, 0.5) is 10.5 Å². The largest absolute Gasteiger partial charge is 0.508 e. The van der Waals surface area contributed by atoms with E-state index in [0.717, 1.165) is 5.56 Å². The lowest BCUT2D eigenvalue weighted by molar-refractivity contribution is -0.126. The van der Waals surface area contributed by atoms with Gasteiger partial charge in [0.15, 0.2) is 0 Å². The highest BCUT2D eigenvalue weighted by atomic mass is 16.7. The third-order valence-corrected chi connectivity index (χ3v) is 4.70. The van der Waals surface area contributed by atoms with Crippen molar-refractivity contribution < 1.29 is 23.9 Å². The molecule has 1 unspecified atom stereocenters. The van der Waals surface area contributed by atoms with Crippen molar-refractivity contribution in [3.63, 3.8) is 0 Å². The highest BCUT2D eigenvalue weighted by Crippen LogP contribution is 2.28. The van der Waals surface area contributed by atoms with Gasteiger partial charge in [-0.15, -0.1) is 0 Å². The van der Waals surface area contributed by atoms with Crippen molar-refractivity contribution in [3.8, 4) is 0 Å². The Labute approximate surface area is 189 Å². The molecule has 1 atom stereocenters. The Kier molecular flexibility index (Phi) is 10.5. The van der Waals surface area contributed by atoms with Gasteiger partial charge >= 0.3 is 6.16 Å². The minimum absolute atomic E-state index is 0.131. The number of benzene rings is 2. The van der Waals surface area contributed by atoms with Crippen molar-refractivity contribution in [2.45, 2.75) is 32.2 Å². The average molecular weight is 439 g/mol. The zero-order valence-electron chi connectivity index (χ0n) is 18.5. The highest BCUT2D eigenvalue weighted by molar-refractivity contribution is 6.01. The monoisotopic (exact) mass is 438 g/mol. The predicted octanol–water partition coefficient (Wildman–Crippen LogP) is 4.41. The number of methoxy groups -OCH3 is 1. The van der Waals surface area contributed by atoms with Crippen molar-refractivity contribution >= 4 is 23.7 Å². The molecule has 0 saturated heterocycles. The van der Waals surface area contributed by atoms with Gasteiger partial charge in [-0.2, -0.15) is 0 Å². The number of ether oxygens (including phenoxy) is 2. The van der Waals surface area contributed by atoms with Crippen LogP contribution >= 0.6 is 0 Å². The molecule has 0 saturated carbocycles. The van der Waals surface area contributed by atoms with Crippen LogP contribution in [0.3, 0.4) is 0 Å². The molecule has 2 rings (SSSR count). The number of nitrogens with zero attached hydrogens (tertiary/aromatic N) is 1. The fourth-order valence-corrected chi connectivity index (χ4v) is 3.14. The molecule has 7 heteroatoms. The summed E-state index contributed by atoms with van der Waals surface area (Å²) in [6.07, 6.45) is 4.57. The zero-order valence-corrected chi connectivity index (χ0v) is 18.5. The van der Waals surface area contributed by atoms with E-state index in [1.54, 1.807) is 17.9 Å². The van der Waals surface area contributed by atoms with E-state index in [2.05, 4.69) is 10.1 Å². The lowest BCUT2D eigenvalue weighted by Crippen LogP contribution is -2.44. The Morgan fingerprint density at radius 3 is 2.28 bits per heavy atom. The molecule has 2 aromatic rings. The second-order valence-electron chi connectivity index (χ2n) is 6.94. The van der Waals surface area contributed by atoms with Crippen molar-refractivity contribution in [3.05, 3.63) is 78.4 Å². The molecule has 170 valence electrons.